The van der Waals surface area contributed by atoms with Gasteiger partial charge in [-0.15, -0.1) is 0 Å². The molecule has 0 bridgehead atoms. The number of halogens is 2. The van der Waals surface area contributed by atoms with E-state index in [1.165, 1.54) is 36.6 Å². The van der Waals surface area contributed by atoms with Crippen molar-refractivity contribution in [2.45, 2.75) is 44.9 Å². The first-order valence-electron chi connectivity index (χ1n) is 11.2. The van der Waals surface area contributed by atoms with E-state index in [9.17, 15) is 4.39 Å². The molecule has 0 aliphatic carbocycles. The lowest BCUT2D eigenvalue weighted by Crippen LogP contribution is -2.27. The van der Waals surface area contributed by atoms with Gasteiger partial charge in [0.2, 0.25) is 0 Å². The second-order valence-corrected chi connectivity index (χ2v) is 8.84. The highest BCUT2D eigenvalue weighted by atomic mass is 35.5. The molecule has 0 radical (unpaired) electrons. The van der Waals surface area contributed by atoms with Crippen LogP contribution in [0.5, 0.6) is 0 Å². The summed E-state index contributed by atoms with van der Waals surface area (Å²) in [6, 6.07) is 16.1. The summed E-state index contributed by atoms with van der Waals surface area (Å²) in [5, 5.41) is 4.17. The van der Waals surface area contributed by atoms with Crippen molar-refractivity contribution in [1.29, 1.82) is 0 Å². The van der Waals surface area contributed by atoms with Gasteiger partial charge in [0.05, 0.1) is 6.20 Å². The lowest BCUT2D eigenvalue weighted by molar-refractivity contribution is 0.354. The summed E-state index contributed by atoms with van der Waals surface area (Å²) in [6.07, 6.45) is 8.50. The molecule has 0 amide bonds. The van der Waals surface area contributed by atoms with Gasteiger partial charge in [0.1, 0.15) is 11.5 Å². The van der Waals surface area contributed by atoms with Crippen LogP contribution in [0.4, 0.5) is 4.39 Å². The fourth-order valence-corrected chi connectivity index (χ4v) is 4.50. The normalized spacial score (nSPS) is 14.6. The van der Waals surface area contributed by atoms with Gasteiger partial charge in [0.15, 0.2) is 5.82 Å². The minimum Gasteiger partial charge on any atom is -0.317 e. The molecule has 4 rings (SSSR count). The SMILES string of the molecule is Fc1cnc(CCCc2cccc(Cl)c2)nc1-c1cccc(CCC2CCNCC2)c1. The minimum absolute atomic E-state index is 0.367. The highest BCUT2D eigenvalue weighted by Gasteiger charge is 2.14. The standard InChI is InChI=1S/C26H29ClFN3/c27-23-8-2-5-20(17-23)6-3-9-25-30-18-24(28)26(31-25)22-7-1-4-21(16-22)11-10-19-12-14-29-15-13-19/h1-2,4-5,7-8,16-19,29H,3,6,9-15H2. The highest BCUT2D eigenvalue weighted by molar-refractivity contribution is 6.30. The van der Waals surface area contributed by atoms with Crippen LogP contribution < -0.4 is 5.32 Å². The number of hydrogen-bond donors (Lipinski definition) is 1. The second kappa shape index (κ2) is 10.8. The Hall–Kier alpha value is -2.30. The molecule has 162 valence electrons. The van der Waals surface area contributed by atoms with E-state index in [1.807, 2.05) is 30.3 Å². The zero-order valence-corrected chi connectivity index (χ0v) is 18.5. The van der Waals surface area contributed by atoms with Crippen molar-refractivity contribution in [3.63, 3.8) is 0 Å². The molecule has 31 heavy (non-hydrogen) atoms. The lowest BCUT2D eigenvalue weighted by Gasteiger charge is -2.22. The second-order valence-electron chi connectivity index (χ2n) is 8.40. The van der Waals surface area contributed by atoms with Crippen molar-refractivity contribution in [2.75, 3.05) is 13.1 Å². The molecular formula is C26H29ClFN3. The van der Waals surface area contributed by atoms with Gasteiger partial charge in [-0.2, -0.15) is 0 Å². The summed E-state index contributed by atoms with van der Waals surface area (Å²) < 4.78 is 14.5. The Bertz CT molecular complexity index is 1000. The minimum atomic E-state index is -0.367. The van der Waals surface area contributed by atoms with Crippen LogP contribution in [0.1, 0.15) is 42.6 Å². The first-order valence-corrected chi connectivity index (χ1v) is 11.6. The molecule has 5 heteroatoms. The molecular weight excluding hydrogens is 409 g/mol. The molecule has 3 aromatic rings. The van der Waals surface area contributed by atoms with E-state index >= 15 is 0 Å². The fourth-order valence-electron chi connectivity index (χ4n) is 4.28. The molecule has 1 aliphatic heterocycles. The van der Waals surface area contributed by atoms with Crippen LogP contribution in [0.25, 0.3) is 11.3 Å². The monoisotopic (exact) mass is 437 g/mol. The first-order chi connectivity index (χ1) is 15.2. The molecule has 2 aromatic carbocycles. The summed E-state index contributed by atoms with van der Waals surface area (Å²) in [4.78, 5) is 8.78. The van der Waals surface area contributed by atoms with E-state index in [4.69, 9.17) is 11.6 Å². The average Bonchev–Trinajstić information content (AvgIpc) is 2.80. The molecule has 0 atom stereocenters. The Morgan fingerprint density at radius 2 is 1.74 bits per heavy atom. The quantitative estimate of drug-likeness (QED) is 0.466. The first kappa shape index (κ1) is 21.9. The Morgan fingerprint density at radius 1 is 0.968 bits per heavy atom. The van der Waals surface area contributed by atoms with Gasteiger partial charge in [0.25, 0.3) is 0 Å². The Kier molecular flexibility index (Phi) is 7.66. The Balaban J connectivity index is 1.40. The Morgan fingerprint density at radius 3 is 2.55 bits per heavy atom. The smallest absolute Gasteiger partial charge is 0.167 e. The van der Waals surface area contributed by atoms with Crippen LogP contribution in [0.3, 0.4) is 0 Å². The van der Waals surface area contributed by atoms with Crippen molar-refractivity contribution in [1.82, 2.24) is 15.3 Å². The molecule has 0 saturated carbocycles. The topological polar surface area (TPSA) is 37.8 Å². The number of hydrogen-bond acceptors (Lipinski definition) is 3. The van der Waals surface area contributed by atoms with Gasteiger partial charge >= 0.3 is 0 Å². The molecule has 1 N–H and O–H groups in total. The predicted molar refractivity (Wildman–Crippen MR) is 125 cm³/mol. The zero-order valence-electron chi connectivity index (χ0n) is 17.8. The van der Waals surface area contributed by atoms with Crippen LogP contribution in [0.15, 0.2) is 54.7 Å². The molecule has 3 nitrogen and oxygen atoms in total. The van der Waals surface area contributed by atoms with Crippen molar-refractivity contribution in [2.24, 2.45) is 5.92 Å². The maximum absolute atomic E-state index is 14.5. The summed E-state index contributed by atoms with van der Waals surface area (Å²) in [7, 11) is 0. The van der Waals surface area contributed by atoms with E-state index in [1.54, 1.807) is 0 Å². The lowest BCUT2D eigenvalue weighted by atomic mass is 9.91. The third-order valence-electron chi connectivity index (χ3n) is 6.05. The predicted octanol–water partition coefficient (Wildman–Crippen LogP) is 6.04. The number of nitrogens with one attached hydrogen (secondary N) is 1. The van der Waals surface area contributed by atoms with Crippen LogP contribution in [-0.2, 0) is 19.3 Å². The van der Waals surface area contributed by atoms with Crippen LogP contribution in [-0.4, -0.2) is 23.1 Å². The third kappa shape index (κ3) is 6.34. The summed E-state index contributed by atoms with van der Waals surface area (Å²) >= 11 is 6.06. The van der Waals surface area contributed by atoms with E-state index < -0.39 is 0 Å². The molecule has 1 aromatic heterocycles. The van der Waals surface area contributed by atoms with Gasteiger partial charge in [-0.05, 0) is 86.9 Å². The number of piperidine rings is 1. The van der Waals surface area contributed by atoms with E-state index in [2.05, 4.69) is 33.5 Å². The highest BCUT2D eigenvalue weighted by Crippen LogP contribution is 2.24. The number of aromatic nitrogens is 2. The summed E-state index contributed by atoms with van der Waals surface area (Å²) in [5.41, 5.74) is 3.67. The molecule has 1 fully saturated rings. The number of nitrogens with zero attached hydrogens (tertiary/aromatic N) is 2. The van der Waals surface area contributed by atoms with Crippen LogP contribution >= 0.6 is 11.6 Å². The number of aryl methyl sites for hydroxylation is 3. The molecule has 0 spiro atoms. The van der Waals surface area contributed by atoms with Crippen molar-refractivity contribution >= 4 is 11.6 Å². The van der Waals surface area contributed by atoms with Gasteiger partial charge in [-0.1, -0.05) is 41.9 Å². The van der Waals surface area contributed by atoms with Crippen molar-refractivity contribution < 1.29 is 4.39 Å². The van der Waals surface area contributed by atoms with Gasteiger partial charge < -0.3 is 5.32 Å². The average molecular weight is 438 g/mol. The molecule has 1 aliphatic rings. The third-order valence-corrected chi connectivity index (χ3v) is 6.28. The Labute approximate surface area is 189 Å². The van der Waals surface area contributed by atoms with Crippen molar-refractivity contribution in [3.8, 4) is 11.3 Å². The van der Waals surface area contributed by atoms with Crippen LogP contribution in [0, 0.1) is 11.7 Å². The summed E-state index contributed by atoms with van der Waals surface area (Å²) in [5.74, 6) is 1.10. The van der Waals surface area contributed by atoms with Crippen molar-refractivity contribution in [3.05, 3.63) is 82.5 Å². The zero-order chi connectivity index (χ0) is 21.5. The van der Waals surface area contributed by atoms with E-state index in [-0.39, 0.29) is 5.82 Å². The number of rotatable bonds is 8. The summed E-state index contributed by atoms with van der Waals surface area (Å²) in [6.45, 7) is 2.24. The van der Waals surface area contributed by atoms with Gasteiger partial charge in [-0.3, -0.25) is 0 Å². The number of benzene rings is 2. The van der Waals surface area contributed by atoms with E-state index in [0.717, 1.165) is 48.9 Å². The maximum atomic E-state index is 14.5. The maximum Gasteiger partial charge on any atom is 0.167 e. The molecule has 2 heterocycles. The molecule has 1 saturated heterocycles. The van der Waals surface area contributed by atoms with Gasteiger partial charge in [-0.25, -0.2) is 14.4 Å². The van der Waals surface area contributed by atoms with Crippen LogP contribution in [0.2, 0.25) is 5.02 Å². The van der Waals surface area contributed by atoms with Gasteiger partial charge in [0, 0.05) is 17.0 Å². The fraction of sp³-hybridized carbons (Fsp3) is 0.385. The van der Waals surface area contributed by atoms with E-state index in [0.29, 0.717) is 17.9 Å². The largest absolute Gasteiger partial charge is 0.317 e. The molecule has 0 unspecified atom stereocenters.